The predicted octanol–water partition coefficient (Wildman–Crippen LogP) is 2.92. The minimum atomic E-state index is -0.492. The number of rotatable bonds is 6. The van der Waals surface area contributed by atoms with Gasteiger partial charge in [-0.1, -0.05) is 26.7 Å². The van der Waals surface area contributed by atoms with Gasteiger partial charge in [0.25, 0.3) is 5.91 Å². The molecule has 3 atom stereocenters. The summed E-state index contributed by atoms with van der Waals surface area (Å²) in [6.07, 6.45) is 5.77. The number of nitrogens with zero attached hydrogens (tertiary/aromatic N) is 3. The van der Waals surface area contributed by atoms with Crippen LogP contribution >= 0.6 is 0 Å². The molecule has 1 heterocycles. The predicted molar refractivity (Wildman–Crippen MR) is 111 cm³/mol. The molecule has 1 saturated carbocycles. The average Bonchev–Trinajstić information content (AvgIpc) is 3.07. The topological polar surface area (TPSA) is 99.8 Å². The van der Waals surface area contributed by atoms with Crippen LogP contribution < -0.4 is 10.6 Å². The zero-order valence-electron chi connectivity index (χ0n) is 17.3. The number of aromatic nitrogens is 2. The van der Waals surface area contributed by atoms with E-state index in [1.807, 2.05) is 33.0 Å². The van der Waals surface area contributed by atoms with Gasteiger partial charge in [0.1, 0.15) is 6.04 Å². The number of amides is 2. The maximum Gasteiger partial charge on any atom is 0.251 e. The summed E-state index contributed by atoms with van der Waals surface area (Å²) in [5.74, 6) is -0.300. The van der Waals surface area contributed by atoms with Crippen molar-refractivity contribution in [2.75, 3.05) is 0 Å². The van der Waals surface area contributed by atoms with Gasteiger partial charge in [-0.25, -0.2) is 0 Å². The molecule has 1 aromatic heterocycles. The van der Waals surface area contributed by atoms with Gasteiger partial charge in [-0.3, -0.25) is 14.3 Å². The summed E-state index contributed by atoms with van der Waals surface area (Å²) in [5.41, 5.74) is 1.52. The SMILES string of the molecule is CC(C)CC(C#N)NC(=O)C1CCCCC1NC(=O)c1ccc2c(cnn2C)c1. The number of aryl methyl sites for hydroxylation is 1. The minimum Gasteiger partial charge on any atom is -0.349 e. The first kappa shape index (κ1) is 20.8. The summed E-state index contributed by atoms with van der Waals surface area (Å²) in [6.45, 7) is 4.05. The second-order valence-electron chi connectivity index (χ2n) is 8.33. The molecule has 154 valence electrons. The smallest absolute Gasteiger partial charge is 0.251 e. The van der Waals surface area contributed by atoms with Crippen molar-refractivity contribution in [3.05, 3.63) is 30.0 Å². The van der Waals surface area contributed by atoms with Crippen molar-refractivity contribution in [1.29, 1.82) is 5.26 Å². The molecule has 0 saturated heterocycles. The number of carbonyl (C=O) groups is 2. The zero-order valence-corrected chi connectivity index (χ0v) is 17.3. The van der Waals surface area contributed by atoms with Crippen molar-refractivity contribution < 1.29 is 9.59 Å². The van der Waals surface area contributed by atoms with Crippen LogP contribution in [0.5, 0.6) is 0 Å². The summed E-state index contributed by atoms with van der Waals surface area (Å²) in [7, 11) is 1.86. The first-order valence-corrected chi connectivity index (χ1v) is 10.3. The molecule has 1 aliphatic rings. The highest BCUT2D eigenvalue weighted by Gasteiger charge is 2.33. The minimum absolute atomic E-state index is 0.134. The molecule has 1 aromatic carbocycles. The molecule has 0 aliphatic heterocycles. The molecule has 3 unspecified atom stereocenters. The molecule has 0 bridgehead atoms. The molecule has 0 spiro atoms. The first-order valence-electron chi connectivity index (χ1n) is 10.3. The van der Waals surface area contributed by atoms with E-state index < -0.39 is 6.04 Å². The normalized spacial score (nSPS) is 20.2. The van der Waals surface area contributed by atoms with Gasteiger partial charge in [0, 0.05) is 24.0 Å². The van der Waals surface area contributed by atoms with Gasteiger partial charge in [-0.15, -0.1) is 0 Å². The maximum absolute atomic E-state index is 12.8. The maximum atomic E-state index is 12.8. The van der Waals surface area contributed by atoms with Crippen LogP contribution in [0.15, 0.2) is 24.4 Å². The van der Waals surface area contributed by atoms with Crippen LogP contribution in [0, 0.1) is 23.2 Å². The standard InChI is InChI=1S/C22H29N5O2/c1-14(2)10-17(12-23)25-22(29)18-6-4-5-7-19(18)26-21(28)15-8-9-20-16(11-15)13-24-27(20)3/h8-9,11,13-14,17-19H,4-7,10H2,1-3H3,(H,25,29)(H,26,28). The van der Waals surface area contributed by atoms with Crippen molar-refractivity contribution in [2.24, 2.45) is 18.9 Å². The molecule has 1 fully saturated rings. The average molecular weight is 396 g/mol. The summed E-state index contributed by atoms with van der Waals surface area (Å²) in [5, 5.41) is 20.4. The quantitative estimate of drug-likeness (QED) is 0.785. The van der Waals surface area contributed by atoms with Gasteiger partial charge in [-0.05, 0) is 43.4 Å². The van der Waals surface area contributed by atoms with Crippen LogP contribution in [0.2, 0.25) is 0 Å². The van der Waals surface area contributed by atoms with E-state index in [2.05, 4.69) is 21.8 Å². The summed E-state index contributed by atoms with van der Waals surface area (Å²) in [4.78, 5) is 25.7. The Hall–Kier alpha value is -2.88. The molecular formula is C22H29N5O2. The van der Waals surface area contributed by atoms with Gasteiger partial charge in [0.2, 0.25) is 5.91 Å². The number of hydrogen-bond donors (Lipinski definition) is 2. The van der Waals surface area contributed by atoms with E-state index in [1.165, 1.54) is 0 Å². The van der Waals surface area contributed by atoms with Crippen LogP contribution in [0.4, 0.5) is 0 Å². The van der Waals surface area contributed by atoms with Crippen LogP contribution in [-0.2, 0) is 11.8 Å². The van der Waals surface area contributed by atoms with Crippen molar-refractivity contribution in [3.8, 4) is 6.07 Å². The van der Waals surface area contributed by atoms with Crippen LogP contribution in [-0.4, -0.2) is 33.7 Å². The van der Waals surface area contributed by atoms with Crippen LogP contribution in [0.25, 0.3) is 10.9 Å². The first-order chi connectivity index (χ1) is 13.9. The highest BCUT2D eigenvalue weighted by atomic mass is 16.2. The monoisotopic (exact) mass is 395 g/mol. The number of nitrogens with one attached hydrogen (secondary N) is 2. The van der Waals surface area contributed by atoms with Crippen molar-refractivity contribution in [2.45, 2.75) is 58.0 Å². The molecule has 3 rings (SSSR count). The largest absolute Gasteiger partial charge is 0.349 e. The van der Waals surface area contributed by atoms with E-state index in [-0.39, 0.29) is 23.8 Å². The van der Waals surface area contributed by atoms with Gasteiger partial charge >= 0.3 is 0 Å². The number of nitriles is 1. The molecular weight excluding hydrogens is 366 g/mol. The Bertz CT molecular complexity index is 927. The Morgan fingerprint density at radius 1 is 1.31 bits per heavy atom. The summed E-state index contributed by atoms with van der Waals surface area (Å²) >= 11 is 0. The van der Waals surface area contributed by atoms with Gasteiger partial charge < -0.3 is 10.6 Å². The lowest BCUT2D eigenvalue weighted by atomic mass is 9.83. The van der Waals surface area contributed by atoms with Crippen LogP contribution in [0.1, 0.15) is 56.3 Å². The Morgan fingerprint density at radius 2 is 2.07 bits per heavy atom. The number of hydrogen-bond acceptors (Lipinski definition) is 4. The van der Waals surface area contributed by atoms with E-state index >= 15 is 0 Å². The summed E-state index contributed by atoms with van der Waals surface area (Å²) < 4.78 is 1.77. The van der Waals surface area contributed by atoms with Gasteiger partial charge in [-0.2, -0.15) is 10.4 Å². The third kappa shape index (κ3) is 4.94. The Kier molecular flexibility index (Phi) is 6.53. The highest BCUT2D eigenvalue weighted by Crippen LogP contribution is 2.26. The number of benzene rings is 1. The summed E-state index contributed by atoms with van der Waals surface area (Å²) in [6, 6.07) is 6.95. The Morgan fingerprint density at radius 3 is 2.79 bits per heavy atom. The van der Waals surface area contributed by atoms with E-state index in [0.717, 1.165) is 36.6 Å². The van der Waals surface area contributed by atoms with Crippen LogP contribution in [0.3, 0.4) is 0 Å². The van der Waals surface area contributed by atoms with Crippen molar-refractivity contribution >= 4 is 22.7 Å². The third-order valence-corrected chi connectivity index (χ3v) is 5.61. The van der Waals surface area contributed by atoms with E-state index in [9.17, 15) is 14.9 Å². The Labute approximate surface area is 171 Å². The molecule has 7 heteroatoms. The lowest BCUT2D eigenvalue weighted by molar-refractivity contribution is -0.127. The molecule has 7 nitrogen and oxygen atoms in total. The molecule has 2 N–H and O–H groups in total. The molecule has 0 radical (unpaired) electrons. The lowest BCUT2D eigenvalue weighted by Crippen LogP contribution is -2.50. The number of fused-ring (bicyclic) bond motifs is 1. The fourth-order valence-electron chi connectivity index (χ4n) is 4.07. The van der Waals surface area contributed by atoms with Gasteiger partial charge in [0.05, 0.1) is 23.7 Å². The molecule has 2 amide bonds. The molecule has 1 aliphatic carbocycles. The van der Waals surface area contributed by atoms with Crippen molar-refractivity contribution in [3.63, 3.8) is 0 Å². The molecule has 29 heavy (non-hydrogen) atoms. The van der Waals surface area contributed by atoms with E-state index in [4.69, 9.17) is 0 Å². The second-order valence-corrected chi connectivity index (χ2v) is 8.33. The molecule has 2 aromatic rings. The zero-order chi connectivity index (χ0) is 21.0. The fourth-order valence-corrected chi connectivity index (χ4v) is 4.07. The lowest BCUT2D eigenvalue weighted by Gasteiger charge is -2.32. The Balaban J connectivity index is 1.69. The third-order valence-electron chi connectivity index (χ3n) is 5.61. The van der Waals surface area contributed by atoms with Crippen molar-refractivity contribution in [1.82, 2.24) is 20.4 Å². The van der Waals surface area contributed by atoms with E-state index in [1.54, 1.807) is 16.9 Å². The van der Waals surface area contributed by atoms with E-state index in [0.29, 0.717) is 17.9 Å². The van der Waals surface area contributed by atoms with Gasteiger partial charge in [0.15, 0.2) is 0 Å². The fraction of sp³-hybridized carbons (Fsp3) is 0.545. The highest BCUT2D eigenvalue weighted by molar-refractivity contribution is 5.98. The number of carbonyl (C=O) groups excluding carboxylic acids is 2. The second kappa shape index (κ2) is 9.08.